The molecular weight excluding hydrogens is 274 g/mol. The van der Waals surface area contributed by atoms with Gasteiger partial charge in [-0.1, -0.05) is 42.6 Å². The Balaban J connectivity index is 1.84. The molecule has 4 heteroatoms. The molecule has 0 bridgehead atoms. The molecule has 1 aromatic rings. The summed E-state index contributed by atoms with van der Waals surface area (Å²) in [6.45, 7) is 1.29. The molecule has 1 aliphatic heterocycles. The third-order valence-electron chi connectivity index (χ3n) is 4.96. The maximum Gasteiger partial charge on any atom is 0.0926 e. The fourth-order valence-corrected chi connectivity index (χ4v) is 4.01. The van der Waals surface area contributed by atoms with Gasteiger partial charge in [-0.25, -0.2) is 0 Å². The molecule has 1 aromatic carbocycles. The second-order valence-electron chi connectivity index (χ2n) is 6.24. The van der Waals surface area contributed by atoms with Crippen LogP contribution in [-0.4, -0.2) is 39.4 Å². The van der Waals surface area contributed by atoms with Crippen molar-refractivity contribution in [2.24, 2.45) is 0 Å². The number of β-amino-alcohol motifs (C(OH)–C–C–N with tert-alkyl or cyclic N) is 1. The fraction of sp³-hybridized carbons (Fsp3) is 0.625. The highest BCUT2D eigenvalue weighted by molar-refractivity contribution is 6.31. The second-order valence-corrected chi connectivity index (χ2v) is 6.65. The largest absolute Gasteiger partial charge is 0.390 e. The number of nitrogens with zero attached hydrogens (tertiary/aromatic N) is 1. The summed E-state index contributed by atoms with van der Waals surface area (Å²) in [5.74, 6) is 0. The minimum absolute atomic E-state index is 0.0534. The van der Waals surface area contributed by atoms with Gasteiger partial charge in [-0.05, 0) is 30.9 Å². The summed E-state index contributed by atoms with van der Waals surface area (Å²) < 4.78 is 0. The van der Waals surface area contributed by atoms with Gasteiger partial charge in [0.05, 0.1) is 12.2 Å². The van der Waals surface area contributed by atoms with Crippen molar-refractivity contribution < 1.29 is 10.2 Å². The Morgan fingerprint density at radius 2 is 1.85 bits per heavy atom. The van der Waals surface area contributed by atoms with Gasteiger partial charge >= 0.3 is 0 Å². The first-order chi connectivity index (χ1) is 9.61. The van der Waals surface area contributed by atoms with Crippen molar-refractivity contribution in [1.82, 2.24) is 4.90 Å². The number of benzene rings is 1. The molecule has 1 aliphatic carbocycles. The van der Waals surface area contributed by atoms with Crippen LogP contribution in [0.15, 0.2) is 24.3 Å². The predicted molar refractivity (Wildman–Crippen MR) is 79.7 cm³/mol. The van der Waals surface area contributed by atoms with Crippen LogP contribution < -0.4 is 0 Å². The van der Waals surface area contributed by atoms with Crippen LogP contribution >= 0.6 is 11.6 Å². The standard InChI is InChI=1S/C16H22ClNO2/c17-13-6-2-1-5-12(13)10-18-11-15(20)14(19)9-16(18)7-3-4-8-16/h1-2,5-6,14-15,19-20H,3-4,7-11H2/t14-,15+/m0/s1. The van der Waals surface area contributed by atoms with E-state index in [0.717, 1.165) is 30.0 Å². The first-order valence-corrected chi connectivity index (χ1v) is 7.83. The average Bonchev–Trinajstić information content (AvgIpc) is 2.88. The Morgan fingerprint density at radius 3 is 2.55 bits per heavy atom. The smallest absolute Gasteiger partial charge is 0.0926 e. The van der Waals surface area contributed by atoms with Crippen molar-refractivity contribution in [1.29, 1.82) is 0 Å². The van der Waals surface area contributed by atoms with Crippen LogP contribution in [0.4, 0.5) is 0 Å². The van der Waals surface area contributed by atoms with E-state index in [1.807, 2.05) is 24.3 Å². The maximum absolute atomic E-state index is 10.0. The first kappa shape index (κ1) is 14.3. The zero-order chi connectivity index (χ0) is 14.2. The number of hydrogen-bond acceptors (Lipinski definition) is 3. The van der Waals surface area contributed by atoms with Gasteiger partial charge in [0.1, 0.15) is 0 Å². The molecule has 1 spiro atoms. The Hall–Kier alpha value is -0.610. The molecule has 2 aliphatic rings. The number of halogens is 1. The molecule has 2 atom stereocenters. The van der Waals surface area contributed by atoms with Crippen LogP contribution in [0.3, 0.4) is 0 Å². The molecule has 20 heavy (non-hydrogen) atoms. The van der Waals surface area contributed by atoms with Crippen LogP contribution in [0.1, 0.15) is 37.7 Å². The van der Waals surface area contributed by atoms with Crippen LogP contribution in [0, 0.1) is 0 Å². The minimum Gasteiger partial charge on any atom is -0.390 e. The molecule has 0 aromatic heterocycles. The Kier molecular flexibility index (Phi) is 4.04. The lowest BCUT2D eigenvalue weighted by molar-refractivity contribution is -0.0998. The van der Waals surface area contributed by atoms with Gasteiger partial charge < -0.3 is 10.2 Å². The van der Waals surface area contributed by atoms with Gasteiger partial charge in [-0.3, -0.25) is 4.90 Å². The van der Waals surface area contributed by atoms with Gasteiger partial charge in [0.15, 0.2) is 0 Å². The summed E-state index contributed by atoms with van der Waals surface area (Å²) in [4.78, 5) is 2.35. The van der Waals surface area contributed by atoms with Crippen molar-refractivity contribution in [3.8, 4) is 0 Å². The summed E-state index contributed by atoms with van der Waals surface area (Å²) in [5.41, 5.74) is 1.15. The van der Waals surface area contributed by atoms with E-state index in [0.29, 0.717) is 13.0 Å². The van der Waals surface area contributed by atoms with Crippen LogP contribution in [-0.2, 0) is 6.54 Å². The van der Waals surface area contributed by atoms with Gasteiger partial charge in [0.2, 0.25) is 0 Å². The summed E-state index contributed by atoms with van der Waals surface area (Å²) >= 11 is 6.27. The van der Waals surface area contributed by atoms with E-state index in [1.54, 1.807) is 0 Å². The lowest BCUT2D eigenvalue weighted by Gasteiger charge is -2.48. The maximum atomic E-state index is 10.0. The lowest BCUT2D eigenvalue weighted by Crippen LogP contribution is -2.58. The van der Waals surface area contributed by atoms with Crippen molar-refractivity contribution in [2.45, 2.75) is 56.4 Å². The Morgan fingerprint density at radius 1 is 1.15 bits per heavy atom. The zero-order valence-corrected chi connectivity index (χ0v) is 12.4. The number of aliphatic hydroxyl groups is 2. The zero-order valence-electron chi connectivity index (χ0n) is 11.6. The lowest BCUT2D eigenvalue weighted by atomic mass is 9.82. The molecule has 3 rings (SSSR count). The van der Waals surface area contributed by atoms with Crippen LogP contribution in [0.5, 0.6) is 0 Å². The fourth-order valence-electron chi connectivity index (χ4n) is 3.81. The van der Waals surface area contributed by atoms with Crippen LogP contribution in [0.25, 0.3) is 0 Å². The quantitative estimate of drug-likeness (QED) is 0.881. The van der Waals surface area contributed by atoms with E-state index in [9.17, 15) is 10.2 Å². The Bertz CT molecular complexity index is 473. The van der Waals surface area contributed by atoms with Crippen molar-refractivity contribution in [2.75, 3.05) is 6.54 Å². The normalized spacial score (nSPS) is 29.9. The number of rotatable bonds is 2. The van der Waals surface area contributed by atoms with E-state index >= 15 is 0 Å². The van der Waals surface area contributed by atoms with Gasteiger partial charge in [-0.15, -0.1) is 0 Å². The Labute approximate surface area is 125 Å². The molecule has 110 valence electrons. The SMILES string of the molecule is O[C@@H]1CN(Cc2ccccc2Cl)C2(CCCC2)C[C@@H]1O. The number of aliphatic hydroxyl groups excluding tert-OH is 2. The number of piperidine rings is 1. The topological polar surface area (TPSA) is 43.7 Å². The summed E-state index contributed by atoms with van der Waals surface area (Å²) in [7, 11) is 0. The summed E-state index contributed by atoms with van der Waals surface area (Å²) in [6.07, 6.45) is 4.09. The molecule has 0 amide bonds. The molecule has 2 N–H and O–H groups in total. The molecule has 1 saturated heterocycles. The predicted octanol–water partition coefficient (Wildman–Crippen LogP) is 2.58. The molecule has 1 heterocycles. The van der Waals surface area contributed by atoms with Crippen molar-refractivity contribution in [3.63, 3.8) is 0 Å². The summed E-state index contributed by atoms with van der Waals surface area (Å²) in [6, 6.07) is 7.89. The minimum atomic E-state index is -0.649. The van der Waals surface area contributed by atoms with Crippen LogP contribution in [0.2, 0.25) is 5.02 Å². The second kappa shape index (κ2) is 5.64. The third kappa shape index (κ3) is 2.60. The highest BCUT2D eigenvalue weighted by Gasteiger charge is 2.46. The van der Waals surface area contributed by atoms with Crippen molar-refractivity contribution in [3.05, 3.63) is 34.9 Å². The van der Waals surface area contributed by atoms with E-state index < -0.39 is 12.2 Å². The molecule has 1 saturated carbocycles. The summed E-state index contributed by atoms with van der Waals surface area (Å²) in [5, 5.41) is 20.8. The molecular formula is C16H22ClNO2. The van der Waals surface area contributed by atoms with E-state index in [1.165, 1.54) is 12.8 Å². The molecule has 0 unspecified atom stereocenters. The van der Waals surface area contributed by atoms with E-state index in [2.05, 4.69) is 4.90 Å². The molecule has 2 fully saturated rings. The van der Waals surface area contributed by atoms with Gasteiger partial charge in [0, 0.05) is 23.7 Å². The third-order valence-corrected chi connectivity index (χ3v) is 5.33. The monoisotopic (exact) mass is 295 g/mol. The van der Waals surface area contributed by atoms with Crippen molar-refractivity contribution >= 4 is 11.6 Å². The molecule has 0 radical (unpaired) electrons. The molecule has 3 nitrogen and oxygen atoms in total. The number of likely N-dealkylation sites (tertiary alicyclic amines) is 1. The number of hydrogen-bond donors (Lipinski definition) is 2. The van der Waals surface area contributed by atoms with E-state index in [4.69, 9.17) is 11.6 Å². The highest BCUT2D eigenvalue weighted by atomic mass is 35.5. The van der Waals surface area contributed by atoms with E-state index in [-0.39, 0.29) is 5.54 Å². The first-order valence-electron chi connectivity index (χ1n) is 7.45. The average molecular weight is 296 g/mol. The van der Waals surface area contributed by atoms with Gasteiger partial charge in [0.25, 0.3) is 0 Å². The highest BCUT2D eigenvalue weighted by Crippen LogP contribution is 2.43. The van der Waals surface area contributed by atoms with Gasteiger partial charge in [-0.2, -0.15) is 0 Å².